The number of nitrogens with one attached hydrogen (secondary N) is 1. The average Bonchev–Trinajstić information content (AvgIpc) is 2.65. The molecule has 1 aromatic heterocycles. The minimum absolute atomic E-state index is 0.204. The second kappa shape index (κ2) is 8.67. The fourth-order valence-electron chi connectivity index (χ4n) is 2.49. The Labute approximate surface area is 158 Å². The lowest BCUT2D eigenvalue weighted by molar-refractivity contribution is 0.0767. The number of aryl methyl sites for hydroxylation is 1. The van der Waals surface area contributed by atoms with Crippen LogP contribution in [-0.4, -0.2) is 41.9 Å². The Morgan fingerprint density at radius 3 is 2.54 bits per heavy atom. The van der Waals surface area contributed by atoms with Crippen molar-refractivity contribution in [3.8, 4) is 5.75 Å². The van der Waals surface area contributed by atoms with Crippen molar-refractivity contribution in [3.63, 3.8) is 0 Å². The number of halogens is 1. The maximum atomic E-state index is 12.6. The van der Waals surface area contributed by atoms with E-state index >= 15 is 0 Å². The summed E-state index contributed by atoms with van der Waals surface area (Å²) >= 11 is 6.09. The van der Waals surface area contributed by atoms with Gasteiger partial charge in [-0.05, 0) is 44.5 Å². The number of ether oxygens (including phenoxy) is 1. The molecule has 6 nitrogen and oxygen atoms in total. The van der Waals surface area contributed by atoms with E-state index in [1.54, 1.807) is 23.1 Å². The van der Waals surface area contributed by atoms with Gasteiger partial charge >= 0.3 is 0 Å². The first-order valence-electron chi connectivity index (χ1n) is 8.32. The number of carbonyl (C=O) groups excluding carboxylic acids is 2. The number of nitrogens with zero attached hydrogens (tertiary/aromatic N) is 2. The summed E-state index contributed by atoms with van der Waals surface area (Å²) in [5.74, 6) is -0.104. The molecule has 2 rings (SSSR count). The highest BCUT2D eigenvalue weighted by molar-refractivity contribution is 6.31. The van der Waals surface area contributed by atoms with Gasteiger partial charge in [-0.3, -0.25) is 14.6 Å². The van der Waals surface area contributed by atoms with Crippen LogP contribution in [0.5, 0.6) is 5.75 Å². The number of methoxy groups -OCH3 is 1. The van der Waals surface area contributed by atoms with Crippen LogP contribution in [0.2, 0.25) is 5.02 Å². The van der Waals surface area contributed by atoms with Gasteiger partial charge in [-0.1, -0.05) is 11.6 Å². The van der Waals surface area contributed by atoms with Gasteiger partial charge in [0.1, 0.15) is 11.4 Å². The van der Waals surface area contributed by atoms with Gasteiger partial charge < -0.3 is 15.0 Å². The van der Waals surface area contributed by atoms with Crippen LogP contribution in [0.25, 0.3) is 0 Å². The number of anilines is 1. The van der Waals surface area contributed by atoms with Crippen molar-refractivity contribution in [1.82, 2.24) is 9.88 Å². The molecular weight excluding hydrogens is 354 g/mol. The summed E-state index contributed by atoms with van der Waals surface area (Å²) in [4.78, 5) is 30.8. The Bertz CT molecular complexity index is 820. The molecule has 0 saturated carbocycles. The van der Waals surface area contributed by atoms with Crippen LogP contribution in [-0.2, 0) is 0 Å². The first kappa shape index (κ1) is 19.7. The van der Waals surface area contributed by atoms with Gasteiger partial charge in [0, 0.05) is 35.9 Å². The van der Waals surface area contributed by atoms with E-state index in [2.05, 4.69) is 10.3 Å². The maximum Gasteiger partial charge on any atom is 0.272 e. The van der Waals surface area contributed by atoms with Gasteiger partial charge in [-0.15, -0.1) is 0 Å². The molecular formula is C19H22ClN3O3. The van der Waals surface area contributed by atoms with E-state index in [0.717, 1.165) is 5.56 Å². The minimum Gasteiger partial charge on any atom is -0.495 e. The van der Waals surface area contributed by atoms with Gasteiger partial charge in [-0.2, -0.15) is 0 Å². The Kier molecular flexibility index (Phi) is 6.58. The zero-order valence-corrected chi connectivity index (χ0v) is 16.1. The third-order valence-corrected chi connectivity index (χ3v) is 4.43. The van der Waals surface area contributed by atoms with Crippen molar-refractivity contribution >= 4 is 29.1 Å². The molecule has 0 unspecified atom stereocenters. The first-order chi connectivity index (χ1) is 12.4. The summed E-state index contributed by atoms with van der Waals surface area (Å²) in [6.07, 6.45) is 1.45. The zero-order valence-electron chi connectivity index (χ0n) is 15.3. The summed E-state index contributed by atoms with van der Waals surface area (Å²) in [5, 5.41) is 3.35. The normalized spacial score (nSPS) is 10.3. The maximum absolute atomic E-state index is 12.6. The molecule has 1 heterocycles. The monoisotopic (exact) mass is 375 g/mol. The Hall–Kier alpha value is -2.60. The molecule has 0 radical (unpaired) electrons. The van der Waals surface area contributed by atoms with Crippen LogP contribution in [0, 0.1) is 6.92 Å². The molecule has 0 spiro atoms. The molecule has 0 aliphatic carbocycles. The smallest absolute Gasteiger partial charge is 0.272 e. The molecule has 7 heteroatoms. The number of aromatic nitrogens is 1. The van der Waals surface area contributed by atoms with E-state index in [1.165, 1.54) is 19.4 Å². The standard InChI is InChI=1S/C19H22ClN3O3/c1-5-23(6-2)19(25)16-10-13(7-8-21-16)18(24)22-15-9-12(3)14(20)11-17(15)26-4/h7-11H,5-6H2,1-4H3,(H,22,24). The molecule has 0 aliphatic rings. The van der Waals surface area contributed by atoms with Crippen LogP contribution in [0.1, 0.15) is 40.3 Å². The van der Waals surface area contributed by atoms with E-state index in [1.807, 2.05) is 20.8 Å². The van der Waals surface area contributed by atoms with Crippen molar-refractivity contribution in [3.05, 3.63) is 52.3 Å². The number of amides is 2. The second-order valence-electron chi connectivity index (χ2n) is 5.66. The number of benzene rings is 1. The molecule has 0 fully saturated rings. The lowest BCUT2D eigenvalue weighted by Crippen LogP contribution is -2.31. The summed E-state index contributed by atoms with van der Waals surface area (Å²) < 4.78 is 5.27. The highest BCUT2D eigenvalue weighted by Gasteiger charge is 2.17. The number of pyridine rings is 1. The highest BCUT2D eigenvalue weighted by atomic mass is 35.5. The van der Waals surface area contributed by atoms with E-state index in [0.29, 0.717) is 35.1 Å². The van der Waals surface area contributed by atoms with Crippen LogP contribution in [0.4, 0.5) is 5.69 Å². The van der Waals surface area contributed by atoms with E-state index in [9.17, 15) is 9.59 Å². The summed E-state index contributed by atoms with van der Waals surface area (Å²) in [6, 6.07) is 6.44. The number of hydrogen-bond donors (Lipinski definition) is 1. The molecule has 0 atom stereocenters. The van der Waals surface area contributed by atoms with Crippen molar-refractivity contribution in [2.24, 2.45) is 0 Å². The van der Waals surface area contributed by atoms with Crippen LogP contribution < -0.4 is 10.1 Å². The lowest BCUT2D eigenvalue weighted by Gasteiger charge is -2.18. The fourth-order valence-corrected chi connectivity index (χ4v) is 2.64. The number of carbonyl (C=O) groups is 2. The average molecular weight is 376 g/mol. The summed E-state index contributed by atoms with van der Waals surface area (Å²) in [5.41, 5.74) is 1.90. The van der Waals surface area contributed by atoms with Crippen molar-refractivity contribution in [2.45, 2.75) is 20.8 Å². The van der Waals surface area contributed by atoms with Gasteiger partial charge in [0.25, 0.3) is 11.8 Å². The summed E-state index contributed by atoms with van der Waals surface area (Å²) in [7, 11) is 1.50. The second-order valence-corrected chi connectivity index (χ2v) is 6.07. The fraction of sp³-hybridized carbons (Fsp3) is 0.316. The lowest BCUT2D eigenvalue weighted by atomic mass is 10.1. The van der Waals surface area contributed by atoms with E-state index in [4.69, 9.17) is 16.3 Å². The van der Waals surface area contributed by atoms with Gasteiger partial charge in [0.05, 0.1) is 12.8 Å². The largest absolute Gasteiger partial charge is 0.495 e. The van der Waals surface area contributed by atoms with E-state index < -0.39 is 0 Å². The molecule has 1 aromatic carbocycles. The molecule has 0 aliphatic heterocycles. The molecule has 1 N–H and O–H groups in total. The van der Waals surface area contributed by atoms with Crippen LogP contribution >= 0.6 is 11.6 Å². The SMILES string of the molecule is CCN(CC)C(=O)c1cc(C(=O)Nc2cc(C)c(Cl)cc2OC)ccn1. The van der Waals surface area contributed by atoms with Crippen molar-refractivity contribution < 1.29 is 14.3 Å². The Morgan fingerprint density at radius 1 is 1.23 bits per heavy atom. The molecule has 26 heavy (non-hydrogen) atoms. The molecule has 2 aromatic rings. The van der Waals surface area contributed by atoms with Gasteiger partial charge in [0.2, 0.25) is 0 Å². The Balaban J connectivity index is 2.27. The predicted octanol–water partition coefficient (Wildman–Crippen LogP) is 3.79. The molecule has 2 amide bonds. The van der Waals surface area contributed by atoms with Crippen LogP contribution in [0.3, 0.4) is 0 Å². The number of rotatable bonds is 6. The summed E-state index contributed by atoms with van der Waals surface area (Å²) in [6.45, 7) is 6.79. The number of hydrogen-bond acceptors (Lipinski definition) is 4. The molecule has 0 bridgehead atoms. The molecule has 138 valence electrons. The molecule has 0 saturated heterocycles. The first-order valence-corrected chi connectivity index (χ1v) is 8.69. The third kappa shape index (κ3) is 4.32. The van der Waals surface area contributed by atoms with Gasteiger partial charge in [-0.25, -0.2) is 0 Å². The quantitative estimate of drug-likeness (QED) is 0.833. The zero-order chi connectivity index (χ0) is 19.3. The minimum atomic E-state index is -0.360. The van der Waals surface area contributed by atoms with Crippen molar-refractivity contribution in [2.75, 3.05) is 25.5 Å². The van der Waals surface area contributed by atoms with Crippen molar-refractivity contribution in [1.29, 1.82) is 0 Å². The Morgan fingerprint density at radius 2 is 1.92 bits per heavy atom. The van der Waals surface area contributed by atoms with E-state index in [-0.39, 0.29) is 17.5 Å². The van der Waals surface area contributed by atoms with Gasteiger partial charge in [0.15, 0.2) is 0 Å². The third-order valence-electron chi connectivity index (χ3n) is 4.02. The topological polar surface area (TPSA) is 71.5 Å². The predicted molar refractivity (Wildman–Crippen MR) is 102 cm³/mol. The highest BCUT2D eigenvalue weighted by Crippen LogP contribution is 2.31. The van der Waals surface area contributed by atoms with Crippen LogP contribution in [0.15, 0.2) is 30.5 Å².